The fraction of sp³-hybridized carbons (Fsp3) is 0.333. The summed E-state index contributed by atoms with van der Waals surface area (Å²) in [5.74, 6) is 0.0430. The first-order valence-corrected chi connectivity index (χ1v) is 6.30. The highest BCUT2D eigenvalue weighted by Crippen LogP contribution is 2.10. The number of nitrogens with one attached hydrogen (secondary N) is 1. The fourth-order valence-corrected chi connectivity index (χ4v) is 1.31. The fourth-order valence-electron chi connectivity index (χ4n) is 1.31. The van der Waals surface area contributed by atoms with Crippen LogP contribution in [0.15, 0.2) is 30.3 Å². The number of anilines is 1. The molecule has 1 aromatic carbocycles. The summed E-state index contributed by atoms with van der Waals surface area (Å²) in [6, 6.07) is 7.14. The molecule has 1 atom stereocenters. The molecule has 0 aliphatic carbocycles. The van der Waals surface area contributed by atoms with E-state index in [9.17, 15) is 9.59 Å². The Kier molecular flexibility index (Phi) is 6.36. The molecule has 102 valence electrons. The molecule has 0 heterocycles. The molecule has 0 saturated carbocycles. The number of carbonyl (C=O) groups is 2. The summed E-state index contributed by atoms with van der Waals surface area (Å²) in [4.78, 5) is 21.7. The minimum absolute atomic E-state index is 0.338. The Morgan fingerprint density at radius 1 is 1.37 bits per heavy atom. The Morgan fingerprint density at radius 2 is 2.05 bits per heavy atom. The van der Waals surface area contributed by atoms with Crippen molar-refractivity contribution in [3.63, 3.8) is 0 Å². The molecular weight excluding hydrogens is 242 g/mol. The Labute approximate surface area is 113 Å². The maximum Gasteiger partial charge on any atom is 0.330 e. The first kappa shape index (κ1) is 15.0. The molecule has 1 N–H and O–H groups in total. The van der Waals surface area contributed by atoms with Gasteiger partial charge in [0.25, 0.3) is 0 Å². The van der Waals surface area contributed by atoms with Crippen molar-refractivity contribution in [1.29, 1.82) is 0 Å². The lowest BCUT2D eigenvalue weighted by molar-refractivity contribution is -0.138. The van der Waals surface area contributed by atoms with Crippen molar-refractivity contribution in [1.82, 2.24) is 0 Å². The van der Waals surface area contributed by atoms with Crippen LogP contribution in [0, 0.1) is 5.92 Å². The van der Waals surface area contributed by atoms with E-state index in [0.29, 0.717) is 24.6 Å². The molecule has 19 heavy (non-hydrogen) atoms. The van der Waals surface area contributed by atoms with Gasteiger partial charge < -0.3 is 10.1 Å². The molecule has 1 rings (SSSR count). The predicted octanol–water partition coefficient (Wildman–Crippen LogP) is 2.86. The van der Waals surface area contributed by atoms with Gasteiger partial charge in [0.15, 0.2) is 0 Å². The van der Waals surface area contributed by atoms with E-state index in [2.05, 4.69) is 12.2 Å². The topological polar surface area (TPSA) is 55.4 Å². The van der Waals surface area contributed by atoms with Gasteiger partial charge in [-0.1, -0.05) is 32.4 Å². The Morgan fingerprint density at radius 3 is 2.63 bits per heavy atom. The molecule has 0 fully saturated rings. The zero-order valence-electron chi connectivity index (χ0n) is 11.3. The van der Waals surface area contributed by atoms with Crippen molar-refractivity contribution in [2.75, 3.05) is 11.9 Å². The predicted molar refractivity (Wildman–Crippen MR) is 75.6 cm³/mol. The number of benzene rings is 1. The van der Waals surface area contributed by atoms with Crippen LogP contribution in [0.5, 0.6) is 0 Å². The molecule has 0 saturated heterocycles. The monoisotopic (exact) mass is 261 g/mol. The number of ether oxygens (including phenoxy) is 1. The normalized spacial score (nSPS) is 12.1. The van der Waals surface area contributed by atoms with Crippen LogP contribution < -0.4 is 5.32 Å². The van der Waals surface area contributed by atoms with Crippen LogP contribution in [0.3, 0.4) is 0 Å². The Hall–Kier alpha value is -2.10. The Balaban J connectivity index is 2.46. The number of amides is 1. The van der Waals surface area contributed by atoms with E-state index < -0.39 is 0 Å². The van der Waals surface area contributed by atoms with Crippen molar-refractivity contribution in [2.45, 2.75) is 20.3 Å². The van der Waals surface area contributed by atoms with Gasteiger partial charge >= 0.3 is 5.97 Å². The van der Waals surface area contributed by atoms with Gasteiger partial charge in [-0.3, -0.25) is 4.79 Å². The van der Waals surface area contributed by atoms with Gasteiger partial charge in [-0.05, 0) is 29.7 Å². The third-order valence-electron chi connectivity index (χ3n) is 2.76. The maximum absolute atomic E-state index is 11.4. The van der Waals surface area contributed by atoms with Crippen molar-refractivity contribution >= 4 is 24.1 Å². The minimum atomic E-state index is -0.338. The molecule has 1 aromatic rings. The van der Waals surface area contributed by atoms with Crippen LogP contribution >= 0.6 is 0 Å². The smallest absolute Gasteiger partial charge is 0.330 e. The first-order chi connectivity index (χ1) is 9.15. The van der Waals surface area contributed by atoms with Gasteiger partial charge in [0.05, 0.1) is 6.61 Å². The molecule has 4 nitrogen and oxygen atoms in total. The molecule has 0 bridgehead atoms. The summed E-state index contributed by atoms with van der Waals surface area (Å²) in [5, 5.41) is 2.54. The standard InChI is InChI=1S/C15H19NO3/c1-3-12(2)10-19-15(18)9-6-13-4-7-14(8-5-13)16-11-17/h4-9,11-12H,3,10H2,1-2H3,(H,16,17). The molecule has 0 aromatic heterocycles. The number of hydrogen-bond acceptors (Lipinski definition) is 3. The molecule has 4 heteroatoms. The molecule has 0 aliphatic heterocycles. The van der Waals surface area contributed by atoms with Crippen LogP contribution in [0.2, 0.25) is 0 Å². The average molecular weight is 261 g/mol. The van der Waals surface area contributed by atoms with Crippen molar-refractivity contribution < 1.29 is 14.3 Å². The van der Waals surface area contributed by atoms with E-state index in [1.807, 2.05) is 19.1 Å². The van der Waals surface area contributed by atoms with E-state index in [1.54, 1.807) is 18.2 Å². The van der Waals surface area contributed by atoms with Crippen molar-refractivity contribution in [3.8, 4) is 0 Å². The van der Waals surface area contributed by atoms with Crippen LogP contribution in [0.4, 0.5) is 5.69 Å². The minimum Gasteiger partial charge on any atom is -0.462 e. The summed E-state index contributed by atoms with van der Waals surface area (Å²) >= 11 is 0. The molecule has 1 amide bonds. The zero-order valence-corrected chi connectivity index (χ0v) is 11.3. The molecule has 1 unspecified atom stereocenters. The highest BCUT2D eigenvalue weighted by Gasteiger charge is 2.02. The first-order valence-electron chi connectivity index (χ1n) is 6.30. The highest BCUT2D eigenvalue weighted by atomic mass is 16.5. The van der Waals surface area contributed by atoms with Crippen LogP contribution in [-0.4, -0.2) is 19.0 Å². The lowest BCUT2D eigenvalue weighted by atomic mass is 10.1. The quantitative estimate of drug-likeness (QED) is 0.466. The third kappa shape index (κ3) is 5.86. The largest absolute Gasteiger partial charge is 0.462 e. The number of hydrogen-bond donors (Lipinski definition) is 1. The summed E-state index contributed by atoms with van der Waals surface area (Å²) in [6.07, 6.45) is 4.70. The van der Waals surface area contributed by atoms with Crippen LogP contribution in [0.1, 0.15) is 25.8 Å². The summed E-state index contributed by atoms with van der Waals surface area (Å²) in [6.45, 7) is 4.54. The number of esters is 1. The van der Waals surface area contributed by atoms with Gasteiger partial charge in [-0.15, -0.1) is 0 Å². The lowest BCUT2D eigenvalue weighted by Gasteiger charge is -2.07. The third-order valence-corrected chi connectivity index (χ3v) is 2.76. The molecular formula is C15H19NO3. The van der Waals surface area contributed by atoms with E-state index in [1.165, 1.54) is 6.08 Å². The lowest BCUT2D eigenvalue weighted by Crippen LogP contribution is -2.08. The van der Waals surface area contributed by atoms with Crippen LogP contribution in [0.25, 0.3) is 6.08 Å². The van der Waals surface area contributed by atoms with Gasteiger partial charge in [-0.25, -0.2) is 4.79 Å². The van der Waals surface area contributed by atoms with Gasteiger partial charge in [-0.2, -0.15) is 0 Å². The molecule has 0 spiro atoms. The summed E-state index contributed by atoms with van der Waals surface area (Å²) in [7, 11) is 0. The van der Waals surface area contributed by atoms with Gasteiger partial charge in [0.2, 0.25) is 6.41 Å². The zero-order chi connectivity index (χ0) is 14.1. The summed E-state index contributed by atoms with van der Waals surface area (Å²) in [5.41, 5.74) is 1.59. The van der Waals surface area contributed by atoms with E-state index in [-0.39, 0.29) is 5.97 Å². The van der Waals surface area contributed by atoms with E-state index in [0.717, 1.165) is 12.0 Å². The second-order valence-electron chi connectivity index (χ2n) is 4.36. The van der Waals surface area contributed by atoms with Crippen molar-refractivity contribution in [2.24, 2.45) is 5.92 Å². The molecule has 0 aliphatic rings. The SMILES string of the molecule is CCC(C)COC(=O)C=Cc1ccc(NC=O)cc1. The number of rotatable bonds is 7. The Bertz CT molecular complexity index is 437. The van der Waals surface area contributed by atoms with Gasteiger partial charge in [0, 0.05) is 11.8 Å². The van der Waals surface area contributed by atoms with E-state index in [4.69, 9.17) is 4.74 Å². The summed E-state index contributed by atoms with van der Waals surface area (Å²) < 4.78 is 5.09. The second-order valence-corrected chi connectivity index (χ2v) is 4.36. The average Bonchev–Trinajstić information content (AvgIpc) is 2.44. The van der Waals surface area contributed by atoms with E-state index >= 15 is 0 Å². The van der Waals surface area contributed by atoms with Gasteiger partial charge in [0.1, 0.15) is 0 Å². The van der Waals surface area contributed by atoms with Crippen LogP contribution in [-0.2, 0) is 14.3 Å². The maximum atomic E-state index is 11.4. The highest BCUT2D eigenvalue weighted by molar-refractivity contribution is 5.87. The van der Waals surface area contributed by atoms with Crippen molar-refractivity contribution in [3.05, 3.63) is 35.9 Å². The molecule has 0 radical (unpaired) electrons. The number of carbonyl (C=O) groups excluding carboxylic acids is 2. The second kappa shape index (κ2) is 8.08.